The summed E-state index contributed by atoms with van der Waals surface area (Å²) in [5.74, 6) is 1.97. The lowest BCUT2D eigenvalue weighted by Gasteiger charge is -2.38. The molecule has 2 aliphatic rings. The second kappa shape index (κ2) is 8.43. The van der Waals surface area contributed by atoms with Crippen LogP contribution in [-0.2, 0) is 4.79 Å². The lowest BCUT2D eigenvalue weighted by atomic mass is 10.1. The van der Waals surface area contributed by atoms with Crippen LogP contribution in [0.4, 0.5) is 5.82 Å². The van der Waals surface area contributed by atoms with Gasteiger partial charge in [0.1, 0.15) is 22.7 Å². The van der Waals surface area contributed by atoms with Crippen LogP contribution in [0, 0.1) is 0 Å². The molecule has 2 fully saturated rings. The van der Waals surface area contributed by atoms with Gasteiger partial charge in [0.2, 0.25) is 5.91 Å². The first-order chi connectivity index (χ1) is 15.1. The summed E-state index contributed by atoms with van der Waals surface area (Å²) in [6.45, 7) is 5.37. The number of anilines is 1. The molecule has 7 nitrogen and oxygen atoms in total. The average molecular weight is 438 g/mol. The molecule has 5 rings (SSSR count). The molecule has 8 heteroatoms. The van der Waals surface area contributed by atoms with Crippen LogP contribution in [0.3, 0.4) is 0 Å². The van der Waals surface area contributed by atoms with Gasteiger partial charge < -0.3 is 15.0 Å². The fourth-order valence-corrected chi connectivity index (χ4v) is 5.03. The third kappa shape index (κ3) is 4.09. The van der Waals surface area contributed by atoms with Crippen LogP contribution < -0.4 is 15.0 Å². The predicted molar refractivity (Wildman–Crippen MR) is 124 cm³/mol. The highest BCUT2D eigenvalue weighted by Crippen LogP contribution is 2.38. The Morgan fingerprint density at radius 2 is 1.90 bits per heavy atom. The predicted octanol–water partition coefficient (Wildman–Crippen LogP) is 3.16. The van der Waals surface area contributed by atoms with E-state index < -0.39 is 0 Å². The zero-order chi connectivity index (χ0) is 21.4. The lowest BCUT2D eigenvalue weighted by Crippen LogP contribution is -2.54. The van der Waals surface area contributed by atoms with E-state index in [1.54, 1.807) is 24.8 Å². The molecule has 1 atom stereocenters. The fraction of sp³-hybridized carbons (Fsp3) is 0.435. The third-order valence-corrected chi connectivity index (χ3v) is 7.10. The van der Waals surface area contributed by atoms with E-state index in [1.165, 1.54) is 0 Å². The number of nitrogens with one attached hydrogen (secondary N) is 1. The fourth-order valence-electron chi connectivity index (χ4n) is 4.12. The average Bonchev–Trinajstić information content (AvgIpc) is 3.53. The molecular formula is C23H27N5O2S. The molecule has 1 saturated heterocycles. The van der Waals surface area contributed by atoms with Crippen molar-refractivity contribution in [3.63, 3.8) is 0 Å². The van der Waals surface area contributed by atoms with Crippen LogP contribution in [0.2, 0.25) is 0 Å². The molecule has 1 N–H and O–H groups in total. The summed E-state index contributed by atoms with van der Waals surface area (Å²) in [7, 11) is 1.68. The summed E-state index contributed by atoms with van der Waals surface area (Å²) >= 11 is 1.65. The highest BCUT2D eigenvalue weighted by molar-refractivity contribution is 7.17. The number of carbonyl (C=O) groups is 1. The molecule has 1 unspecified atom stereocenters. The molecule has 0 spiro atoms. The largest absolute Gasteiger partial charge is 0.497 e. The minimum atomic E-state index is -0.0934. The van der Waals surface area contributed by atoms with Gasteiger partial charge in [0, 0.05) is 43.2 Å². The summed E-state index contributed by atoms with van der Waals surface area (Å²) in [6.07, 6.45) is 3.89. The number of ether oxygens (including phenoxy) is 1. The molecule has 162 valence electrons. The smallest absolute Gasteiger partial charge is 0.237 e. The highest BCUT2D eigenvalue weighted by atomic mass is 32.1. The van der Waals surface area contributed by atoms with Crippen LogP contribution >= 0.6 is 11.3 Å². The Morgan fingerprint density at radius 1 is 1.16 bits per heavy atom. The van der Waals surface area contributed by atoms with Gasteiger partial charge in [-0.25, -0.2) is 9.97 Å². The van der Waals surface area contributed by atoms with E-state index in [0.717, 1.165) is 71.9 Å². The number of piperazine rings is 1. The van der Waals surface area contributed by atoms with Gasteiger partial charge in [-0.05, 0) is 37.5 Å². The topological polar surface area (TPSA) is 70.6 Å². The van der Waals surface area contributed by atoms with Crippen molar-refractivity contribution in [3.8, 4) is 16.9 Å². The van der Waals surface area contributed by atoms with E-state index >= 15 is 0 Å². The number of amides is 1. The summed E-state index contributed by atoms with van der Waals surface area (Å²) in [5.41, 5.74) is 2.28. The molecule has 3 aromatic rings. The maximum atomic E-state index is 12.4. The Hall–Kier alpha value is -2.71. The number of fused-ring (bicyclic) bond motifs is 1. The first-order valence-electron chi connectivity index (χ1n) is 10.8. The van der Waals surface area contributed by atoms with E-state index in [9.17, 15) is 4.79 Å². The van der Waals surface area contributed by atoms with Gasteiger partial charge in [0.05, 0.1) is 18.5 Å². The summed E-state index contributed by atoms with van der Waals surface area (Å²) in [4.78, 5) is 27.2. The monoisotopic (exact) mass is 437 g/mol. The zero-order valence-corrected chi connectivity index (χ0v) is 18.7. The minimum absolute atomic E-state index is 0.0934. The number of rotatable bonds is 6. The lowest BCUT2D eigenvalue weighted by molar-refractivity contribution is -0.126. The van der Waals surface area contributed by atoms with E-state index in [-0.39, 0.29) is 11.9 Å². The van der Waals surface area contributed by atoms with Crippen molar-refractivity contribution in [2.24, 2.45) is 0 Å². The van der Waals surface area contributed by atoms with Crippen LogP contribution in [0.15, 0.2) is 36.0 Å². The molecule has 31 heavy (non-hydrogen) atoms. The number of nitrogens with zero attached hydrogens (tertiary/aromatic N) is 4. The van der Waals surface area contributed by atoms with Crippen LogP contribution in [-0.4, -0.2) is 66.1 Å². The Labute approximate surface area is 186 Å². The van der Waals surface area contributed by atoms with Gasteiger partial charge in [-0.1, -0.05) is 12.1 Å². The molecule has 1 saturated carbocycles. The summed E-state index contributed by atoms with van der Waals surface area (Å²) < 4.78 is 5.30. The first kappa shape index (κ1) is 20.2. The molecule has 1 aliphatic heterocycles. The van der Waals surface area contributed by atoms with Crippen molar-refractivity contribution in [1.82, 2.24) is 20.2 Å². The molecule has 2 aromatic heterocycles. The number of hydrogen-bond donors (Lipinski definition) is 1. The number of thiophene rings is 1. The highest BCUT2D eigenvalue weighted by Gasteiger charge is 2.30. The Balaban J connectivity index is 1.35. The van der Waals surface area contributed by atoms with Crippen LogP contribution in [0.1, 0.15) is 19.8 Å². The maximum Gasteiger partial charge on any atom is 0.237 e. The summed E-state index contributed by atoms with van der Waals surface area (Å²) in [6, 6.07) is 8.43. The number of benzene rings is 1. The molecule has 0 radical (unpaired) electrons. The van der Waals surface area contributed by atoms with Crippen LogP contribution in [0.25, 0.3) is 21.3 Å². The van der Waals surface area contributed by atoms with Gasteiger partial charge in [-0.15, -0.1) is 11.3 Å². The molecule has 1 aromatic carbocycles. The molecular weight excluding hydrogens is 410 g/mol. The van der Waals surface area contributed by atoms with Gasteiger partial charge in [-0.2, -0.15) is 0 Å². The quantitative estimate of drug-likeness (QED) is 0.639. The number of hydrogen-bond acceptors (Lipinski definition) is 7. The minimum Gasteiger partial charge on any atom is -0.497 e. The van der Waals surface area contributed by atoms with Gasteiger partial charge >= 0.3 is 0 Å². The molecule has 1 amide bonds. The van der Waals surface area contributed by atoms with E-state index in [1.807, 2.05) is 19.1 Å². The third-order valence-electron chi connectivity index (χ3n) is 6.22. The van der Waals surface area contributed by atoms with Crippen LogP contribution in [0.5, 0.6) is 5.75 Å². The van der Waals surface area contributed by atoms with Gasteiger partial charge in [0.25, 0.3) is 0 Å². The van der Waals surface area contributed by atoms with E-state index in [0.29, 0.717) is 6.04 Å². The second-order valence-electron chi connectivity index (χ2n) is 8.24. The van der Waals surface area contributed by atoms with Crippen molar-refractivity contribution in [2.45, 2.75) is 31.8 Å². The van der Waals surface area contributed by atoms with E-state index in [4.69, 9.17) is 4.74 Å². The number of carbonyl (C=O) groups excluding carboxylic acids is 1. The Kier molecular flexibility index (Phi) is 5.50. The summed E-state index contributed by atoms with van der Waals surface area (Å²) in [5, 5.41) is 6.39. The molecule has 3 heterocycles. The van der Waals surface area contributed by atoms with Crippen molar-refractivity contribution in [3.05, 3.63) is 36.0 Å². The Morgan fingerprint density at radius 3 is 2.58 bits per heavy atom. The standard InChI is InChI=1S/C23H27N5O2S/c1-15(22(29)26-17-5-6-17)27-9-11-28(12-10-27)21-20-19(13-31-23(20)25-14-24-21)16-3-7-18(30-2)8-4-16/h3-4,7-8,13-15,17H,5-6,9-12H2,1-2H3,(H,26,29). The number of aromatic nitrogens is 2. The Bertz CT molecular complexity index is 1070. The normalized spacial score (nSPS) is 18.2. The van der Waals surface area contributed by atoms with Gasteiger partial charge in [0.15, 0.2) is 0 Å². The first-order valence-corrected chi connectivity index (χ1v) is 11.7. The van der Waals surface area contributed by atoms with E-state index in [2.05, 4.69) is 42.6 Å². The molecule has 1 aliphatic carbocycles. The second-order valence-corrected chi connectivity index (χ2v) is 9.10. The van der Waals surface area contributed by atoms with Crippen molar-refractivity contribution in [1.29, 1.82) is 0 Å². The van der Waals surface area contributed by atoms with Crippen molar-refractivity contribution in [2.75, 3.05) is 38.2 Å². The molecule has 0 bridgehead atoms. The van der Waals surface area contributed by atoms with Crippen molar-refractivity contribution < 1.29 is 9.53 Å². The number of methoxy groups -OCH3 is 1. The van der Waals surface area contributed by atoms with Gasteiger partial charge in [-0.3, -0.25) is 9.69 Å². The maximum absolute atomic E-state index is 12.4. The SMILES string of the molecule is COc1ccc(-c2csc3ncnc(N4CCN(C(C)C(=O)NC5CC5)CC4)c23)cc1. The zero-order valence-electron chi connectivity index (χ0n) is 17.9. The van der Waals surface area contributed by atoms with Crippen molar-refractivity contribution >= 4 is 33.3 Å².